The Morgan fingerprint density at radius 1 is 1.06 bits per heavy atom. The Balaban J connectivity index is 1.26. The fraction of sp³-hybridized carbons (Fsp3) is 0.444. The Hall–Kier alpha value is -3.26. The molecule has 8 heteroatoms. The predicted molar refractivity (Wildman–Crippen MR) is 127 cm³/mol. The molecule has 0 bridgehead atoms. The van der Waals surface area contributed by atoms with E-state index in [4.69, 9.17) is 4.74 Å². The third kappa shape index (κ3) is 4.67. The molecule has 3 aliphatic heterocycles. The number of halogens is 1. The summed E-state index contributed by atoms with van der Waals surface area (Å²) in [6.07, 6.45) is 2.17. The molecule has 3 aliphatic rings. The van der Waals surface area contributed by atoms with Crippen LogP contribution in [0.2, 0.25) is 0 Å². The van der Waals surface area contributed by atoms with Gasteiger partial charge in [0.15, 0.2) is 0 Å². The molecular formula is C27H30FN3O4. The molecule has 7 nitrogen and oxygen atoms in total. The second-order valence-corrected chi connectivity index (χ2v) is 9.84. The maximum absolute atomic E-state index is 15.1. The van der Waals surface area contributed by atoms with Crippen molar-refractivity contribution in [2.75, 3.05) is 20.2 Å². The molecule has 0 aliphatic carbocycles. The highest BCUT2D eigenvalue weighted by Crippen LogP contribution is 2.35. The van der Waals surface area contributed by atoms with Gasteiger partial charge in [0.25, 0.3) is 5.91 Å². The average molecular weight is 480 g/mol. The summed E-state index contributed by atoms with van der Waals surface area (Å²) in [5, 5.41) is 2.30. The highest BCUT2D eigenvalue weighted by Gasteiger charge is 2.40. The normalized spacial score (nSPS) is 21.3. The van der Waals surface area contributed by atoms with E-state index in [2.05, 4.69) is 29.3 Å². The number of amides is 3. The lowest BCUT2D eigenvalue weighted by Gasteiger charge is -2.32. The van der Waals surface area contributed by atoms with Gasteiger partial charge in [-0.2, -0.15) is 0 Å². The fourth-order valence-corrected chi connectivity index (χ4v) is 5.62. The van der Waals surface area contributed by atoms with Gasteiger partial charge in [0.2, 0.25) is 11.8 Å². The number of piperidine rings is 2. The Bertz CT molecular complexity index is 1190. The molecule has 3 amide bonds. The zero-order valence-corrected chi connectivity index (χ0v) is 20.1. The van der Waals surface area contributed by atoms with Crippen molar-refractivity contribution < 1.29 is 23.5 Å². The number of benzene rings is 2. The molecule has 1 N–H and O–H groups in total. The van der Waals surface area contributed by atoms with Crippen molar-refractivity contribution in [1.29, 1.82) is 0 Å². The standard InChI is InChI=1S/C27H30FN3O4/c1-16-9-17(11-20(10-16)35-2)14-30-7-5-18(6-8-30)21-12-19-15-31(27(34)22(19)13-23(21)28)24-3-4-25(32)29-26(24)33/h9-13,18,24H,3-8,14-15H2,1-2H3,(H,29,32,33). The van der Waals surface area contributed by atoms with E-state index in [0.717, 1.165) is 49.4 Å². The van der Waals surface area contributed by atoms with Crippen molar-refractivity contribution in [2.45, 2.75) is 57.7 Å². The van der Waals surface area contributed by atoms with Crippen molar-refractivity contribution in [3.05, 3.63) is 64.0 Å². The van der Waals surface area contributed by atoms with Crippen LogP contribution in [0, 0.1) is 12.7 Å². The highest BCUT2D eigenvalue weighted by molar-refractivity contribution is 6.05. The first kappa shape index (κ1) is 23.5. The number of likely N-dealkylation sites (tertiary alicyclic amines) is 1. The van der Waals surface area contributed by atoms with Crippen molar-refractivity contribution in [3.63, 3.8) is 0 Å². The van der Waals surface area contributed by atoms with Gasteiger partial charge in [0, 0.05) is 25.1 Å². The molecule has 1 atom stereocenters. The van der Waals surface area contributed by atoms with Crippen LogP contribution < -0.4 is 10.1 Å². The summed E-state index contributed by atoms with van der Waals surface area (Å²) in [6, 6.07) is 8.70. The van der Waals surface area contributed by atoms with E-state index in [9.17, 15) is 14.4 Å². The van der Waals surface area contributed by atoms with Gasteiger partial charge in [-0.3, -0.25) is 24.6 Å². The average Bonchev–Trinajstić information content (AvgIpc) is 3.14. The van der Waals surface area contributed by atoms with Crippen LogP contribution in [0.25, 0.3) is 0 Å². The number of imide groups is 1. The summed E-state index contributed by atoms with van der Waals surface area (Å²) in [5.41, 5.74) is 4.09. The molecule has 3 heterocycles. The molecule has 2 aromatic rings. The first-order chi connectivity index (χ1) is 16.8. The number of hydrogen-bond acceptors (Lipinski definition) is 5. The van der Waals surface area contributed by atoms with Crippen LogP contribution in [-0.4, -0.2) is 53.8 Å². The fourth-order valence-electron chi connectivity index (χ4n) is 5.62. The lowest BCUT2D eigenvalue weighted by atomic mass is 9.87. The summed E-state index contributed by atoms with van der Waals surface area (Å²) in [7, 11) is 1.67. The zero-order valence-electron chi connectivity index (χ0n) is 20.1. The number of nitrogens with one attached hydrogen (secondary N) is 1. The van der Waals surface area contributed by atoms with Gasteiger partial charge in [-0.25, -0.2) is 4.39 Å². The minimum absolute atomic E-state index is 0.0864. The Kier molecular flexibility index (Phi) is 6.32. The molecule has 0 aromatic heterocycles. The number of carbonyl (C=O) groups is 3. The van der Waals surface area contributed by atoms with E-state index < -0.39 is 11.9 Å². The molecule has 0 spiro atoms. The van der Waals surface area contributed by atoms with E-state index in [-0.39, 0.29) is 36.5 Å². The number of aryl methyl sites for hydroxylation is 1. The second-order valence-electron chi connectivity index (χ2n) is 9.84. The minimum Gasteiger partial charge on any atom is -0.497 e. The van der Waals surface area contributed by atoms with Crippen LogP contribution in [0.3, 0.4) is 0 Å². The van der Waals surface area contributed by atoms with E-state index in [1.807, 2.05) is 12.1 Å². The molecule has 2 fully saturated rings. The van der Waals surface area contributed by atoms with E-state index in [1.165, 1.54) is 16.5 Å². The number of carbonyl (C=O) groups excluding carboxylic acids is 3. The van der Waals surface area contributed by atoms with Gasteiger partial charge < -0.3 is 9.64 Å². The number of fused-ring (bicyclic) bond motifs is 1. The number of hydrogen-bond donors (Lipinski definition) is 1. The topological polar surface area (TPSA) is 79.0 Å². The number of rotatable bonds is 5. The molecule has 184 valence electrons. The summed E-state index contributed by atoms with van der Waals surface area (Å²) in [4.78, 5) is 40.5. The van der Waals surface area contributed by atoms with Gasteiger partial charge in [0.1, 0.15) is 17.6 Å². The van der Waals surface area contributed by atoms with Gasteiger partial charge in [-0.15, -0.1) is 0 Å². The van der Waals surface area contributed by atoms with Crippen LogP contribution in [0.4, 0.5) is 4.39 Å². The first-order valence-corrected chi connectivity index (χ1v) is 12.2. The van der Waals surface area contributed by atoms with Gasteiger partial charge in [-0.1, -0.05) is 12.1 Å². The minimum atomic E-state index is -0.692. The molecule has 5 rings (SSSR count). The maximum Gasteiger partial charge on any atom is 0.255 e. The Labute approximate surface area is 204 Å². The molecule has 0 radical (unpaired) electrons. The SMILES string of the molecule is COc1cc(C)cc(CN2CCC(c3cc4c(cc3F)C(=O)N(C3CCC(=O)NC3=O)C4)CC2)c1. The summed E-state index contributed by atoms with van der Waals surface area (Å²) in [5.74, 6) is -0.537. The second kappa shape index (κ2) is 9.41. The molecular weight excluding hydrogens is 449 g/mol. The molecule has 0 saturated carbocycles. The monoisotopic (exact) mass is 479 g/mol. The molecule has 35 heavy (non-hydrogen) atoms. The molecule has 2 aromatic carbocycles. The van der Waals surface area contributed by atoms with Crippen molar-refractivity contribution in [2.24, 2.45) is 0 Å². The van der Waals surface area contributed by atoms with Crippen LogP contribution in [0.15, 0.2) is 30.3 Å². The smallest absolute Gasteiger partial charge is 0.255 e. The number of methoxy groups -OCH3 is 1. The van der Waals surface area contributed by atoms with Crippen LogP contribution in [-0.2, 0) is 22.7 Å². The van der Waals surface area contributed by atoms with Crippen molar-refractivity contribution in [1.82, 2.24) is 15.1 Å². The van der Waals surface area contributed by atoms with Gasteiger partial charge in [-0.05, 0) is 85.6 Å². The largest absolute Gasteiger partial charge is 0.497 e. The van der Waals surface area contributed by atoms with E-state index >= 15 is 4.39 Å². The van der Waals surface area contributed by atoms with Crippen molar-refractivity contribution in [3.8, 4) is 5.75 Å². The van der Waals surface area contributed by atoms with E-state index in [1.54, 1.807) is 7.11 Å². The quantitative estimate of drug-likeness (QED) is 0.666. The van der Waals surface area contributed by atoms with Gasteiger partial charge >= 0.3 is 0 Å². The first-order valence-electron chi connectivity index (χ1n) is 12.2. The van der Waals surface area contributed by atoms with Crippen molar-refractivity contribution >= 4 is 17.7 Å². The van der Waals surface area contributed by atoms with Crippen LogP contribution in [0.5, 0.6) is 5.75 Å². The summed E-state index contributed by atoms with van der Waals surface area (Å²) >= 11 is 0. The number of ether oxygens (including phenoxy) is 1. The third-order valence-electron chi connectivity index (χ3n) is 7.42. The van der Waals surface area contributed by atoms with E-state index in [0.29, 0.717) is 17.5 Å². The maximum atomic E-state index is 15.1. The summed E-state index contributed by atoms with van der Waals surface area (Å²) in [6.45, 7) is 4.87. The zero-order chi connectivity index (χ0) is 24.7. The van der Waals surface area contributed by atoms with Crippen LogP contribution in [0.1, 0.15) is 64.2 Å². The molecule has 2 saturated heterocycles. The third-order valence-corrected chi connectivity index (χ3v) is 7.42. The number of nitrogens with zero attached hydrogens (tertiary/aromatic N) is 2. The lowest BCUT2D eigenvalue weighted by molar-refractivity contribution is -0.136. The Morgan fingerprint density at radius 2 is 1.83 bits per heavy atom. The van der Waals surface area contributed by atoms with Crippen LogP contribution >= 0.6 is 0 Å². The summed E-state index contributed by atoms with van der Waals surface area (Å²) < 4.78 is 20.5. The van der Waals surface area contributed by atoms with Gasteiger partial charge in [0.05, 0.1) is 7.11 Å². The Morgan fingerprint density at radius 3 is 2.54 bits per heavy atom. The predicted octanol–water partition coefficient (Wildman–Crippen LogP) is 3.28. The highest BCUT2D eigenvalue weighted by atomic mass is 19.1. The molecule has 1 unspecified atom stereocenters. The lowest BCUT2D eigenvalue weighted by Crippen LogP contribution is -2.52.